The van der Waals surface area contributed by atoms with Gasteiger partial charge in [-0.2, -0.15) is 0 Å². The molecule has 0 atom stereocenters. The van der Waals surface area contributed by atoms with Crippen LogP contribution in [0, 0.1) is 6.92 Å². The Kier molecular flexibility index (Phi) is 4.33. The van der Waals surface area contributed by atoms with Gasteiger partial charge in [0.05, 0.1) is 12.6 Å². The van der Waals surface area contributed by atoms with Crippen LogP contribution >= 0.6 is 0 Å². The molecule has 0 spiro atoms. The minimum absolute atomic E-state index is 0.171. The fraction of sp³-hybridized carbons (Fsp3) is 0.158. The molecule has 0 bridgehead atoms. The fourth-order valence-corrected chi connectivity index (χ4v) is 2.58. The monoisotopic (exact) mass is 322 g/mol. The lowest BCUT2D eigenvalue weighted by Gasteiger charge is -2.08. The number of ether oxygens (including phenoxy) is 1. The normalized spacial score (nSPS) is 10.6. The highest BCUT2D eigenvalue weighted by Gasteiger charge is 2.10. The standard InChI is InChI=1S/C19H18N2O3/c1-12-5-3-4-6-16(12)19(23)20-11-14-9-13-7-8-15(24-2)10-17(13)21-18(14)22/h3-10H,11H2,1-2H3,(H,20,23)(H,21,22). The summed E-state index contributed by atoms with van der Waals surface area (Å²) < 4.78 is 5.15. The number of aromatic nitrogens is 1. The molecule has 0 aliphatic heterocycles. The van der Waals surface area contributed by atoms with Crippen LogP contribution in [0.5, 0.6) is 5.75 Å². The summed E-state index contributed by atoms with van der Waals surface area (Å²) in [5.74, 6) is 0.487. The largest absolute Gasteiger partial charge is 0.497 e. The van der Waals surface area contributed by atoms with Gasteiger partial charge >= 0.3 is 0 Å². The van der Waals surface area contributed by atoms with Gasteiger partial charge in [-0.1, -0.05) is 18.2 Å². The second-order valence-corrected chi connectivity index (χ2v) is 5.57. The summed E-state index contributed by atoms with van der Waals surface area (Å²) in [4.78, 5) is 27.3. The lowest BCUT2D eigenvalue weighted by molar-refractivity contribution is 0.0950. The number of aromatic amines is 1. The Labute approximate surface area is 139 Å². The van der Waals surface area contributed by atoms with Crippen LogP contribution in [0.1, 0.15) is 21.5 Å². The predicted molar refractivity (Wildman–Crippen MR) is 93.5 cm³/mol. The van der Waals surface area contributed by atoms with E-state index in [0.717, 1.165) is 10.9 Å². The van der Waals surface area contributed by atoms with E-state index in [4.69, 9.17) is 4.74 Å². The first-order chi connectivity index (χ1) is 11.6. The third-order valence-corrected chi connectivity index (χ3v) is 3.96. The maximum atomic E-state index is 12.3. The molecular formula is C19H18N2O3. The Balaban J connectivity index is 1.83. The van der Waals surface area contributed by atoms with Gasteiger partial charge in [0.2, 0.25) is 0 Å². The number of carbonyl (C=O) groups excluding carboxylic acids is 1. The quantitative estimate of drug-likeness (QED) is 0.776. The summed E-state index contributed by atoms with van der Waals surface area (Å²) in [7, 11) is 1.58. The molecule has 1 amide bonds. The number of benzene rings is 2. The van der Waals surface area contributed by atoms with Crippen LogP contribution in [0.2, 0.25) is 0 Å². The summed E-state index contributed by atoms with van der Waals surface area (Å²) in [6.07, 6.45) is 0. The summed E-state index contributed by atoms with van der Waals surface area (Å²) in [5.41, 5.74) is 2.50. The van der Waals surface area contributed by atoms with E-state index in [-0.39, 0.29) is 18.0 Å². The van der Waals surface area contributed by atoms with Crippen molar-refractivity contribution in [2.75, 3.05) is 7.11 Å². The van der Waals surface area contributed by atoms with E-state index in [0.29, 0.717) is 22.4 Å². The van der Waals surface area contributed by atoms with Crippen molar-refractivity contribution in [3.05, 3.63) is 75.6 Å². The van der Waals surface area contributed by atoms with Gasteiger partial charge in [-0.05, 0) is 42.1 Å². The molecule has 0 radical (unpaired) electrons. The zero-order valence-corrected chi connectivity index (χ0v) is 13.6. The van der Waals surface area contributed by atoms with Crippen LogP contribution in [0.4, 0.5) is 0 Å². The zero-order valence-electron chi connectivity index (χ0n) is 13.6. The molecule has 0 saturated heterocycles. The first-order valence-electron chi connectivity index (χ1n) is 7.62. The van der Waals surface area contributed by atoms with Gasteiger partial charge in [0.1, 0.15) is 5.75 Å². The van der Waals surface area contributed by atoms with E-state index < -0.39 is 0 Å². The highest BCUT2D eigenvalue weighted by molar-refractivity contribution is 5.95. The first-order valence-corrected chi connectivity index (χ1v) is 7.62. The fourth-order valence-electron chi connectivity index (χ4n) is 2.58. The zero-order chi connectivity index (χ0) is 17.1. The van der Waals surface area contributed by atoms with Gasteiger partial charge in [0.15, 0.2) is 0 Å². The third-order valence-electron chi connectivity index (χ3n) is 3.96. The van der Waals surface area contributed by atoms with Gasteiger partial charge in [-0.3, -0.25) is 9.59 Å². The highest BCUT2D eigenvalue weighted by Crippen LogP contribution is 2.18. The van der Waals surface area contributed by atoms with E-state index in [9.17, 15) is 9.59 Å². The number of hydrogen-bond donors (Lipinski definition) is 2. The van der Waals surface area contributed by atoms with Crippen molar-refractivity contribution in [1.82, 2.24) is 10.3 Å². The van der Waals surface area contributed by atoms with Gasteiger partial charge in [0, 0.05) is 23.7 Å². The average molecular weight is 322 g/mol. The van der Waals surface area contributed by atoms with Crippen molar-refractivity contribution < 1.29 is 9.53 Å². The summed E-state index contributed by atoms with van der Waals surface area (Å²) in [6, 6.07) is 14.6. The van der Waals surface area contributed by atoms with E-state index in [2.05, 4.69) is 10.3 Å². The Morgan fingerprint density at radius 2 is 1.96 bits per heavy atom. The van der Waals surface area contributed by atoms with Crippen LogP contribution in [-0.4, -0.2) is 18.0 Å². The van der Waals surface area contributed by atoms with Crippen molar-refractivity contribution in [2.24, 2.45) is 0 Å². The Morgan fingerprint density at radius 1 is 1.17 bits per heavy atom. The van der Waals surface area contributed by atoms with Crippen molar-refractivity contribution >= 4 is 16.8 Å². The van der Waals surface area contributed by atoms with Crippen molar-refractivity contribution in [3.63, 3.8) is 0 Å². The predicted octanol–water partition coefficient (Wildman–Crippen LogP) is 2.78. The van der Waals surface area contributed by atoms with Crippen LogP contribution < -0.4 is 15.6 Å². The van der Waals surface area contributed by atoms with Crippen molar-refractivity contribution in [1.29, 1.82) is 0 Å². The van der Waals surface area contributed by atoms with Gasteiger partial charge in [-0.15, -0.1) is 0 Å². The number of methoxy groups -OCH3 is 1. The van der Waals surface area contributed by atoms with E-state index in [1.165, 1.54) is 0 Å². The molecule has 122 valence electrons. The Hall–Kier alpha value is -3.08. The highest BCUT2D eigenvalue weighted by atomic mass is 16.5. The number of aryl methyl sites for hydroxylation is 1. The van der Waals surface area contributed by atoms with E-state index in [1.807, 2.05) is 37.3 Å². The maximum absolute atomic E-state index is 12.3. The summed E-state index contributed by atoms with van der Waals surface area (Å²) in [6.45, 7) is 2.05. The van der Waals surface area contributed by atoms with Crippen LogP contribution in [0.15, 0.2) is 53.3 Å². The molecule has 5 heteroatoms. The molecule has 0 aliphatic carbocycles. The molecule has 2 aromatic carbocycles. The number of carbonyl (C=O) groups is 1. The molecule has 1 heterocycles. The van der Waals surface area contributed by atoms with Crippen LogP contribution in [-0.2, 0) is 6.54 Å². The molecule has 0 aliphatic rings. The molecule has 0 unspecified atom stereocenters. The molecule has 5 nitrogen and oxygen atoms in total. The van der Waals surface area contributed by atoms with E-state index in [1.54, 1.807) is 25.3 Å². The average Bonchev–Trinajstić information content (AvgIpc) is 2.59. The topological polar surface area (TPSA) is 71.2 Å². The van der Waals surface area contributed by atoms with Gasteiger partial charge in [-0.25, -0.2) is 0 Å². The van der Waals surface area contributed by atoms with Crippen LogP contribution in [0.25, 0.3) is 10.9 Å². The smallest absolute Gasteiger partial charge is 0.253 e. The van der Waals surface area contributed by atoms with E-state index >= 15 is 0 Å². The number of rotatable bonds is 4. The molecule has 3 rings (SSSR count). The minimum Gasteiger partial charge on any atom is -0.497 e. The Bertz CT molecular complexity index is 960. The number of amides is 1. The van der Waals surface area contributed by atoms with Gasteiger partial charge < -0.3 is 15.0 Å². The second-order valence-electron chi connectivity index (χ2n) is 5.57. The third kappa shape index (κ3) is 3.15. The Morgan fingerprint density at radius 3 is 2.71 bits per heavy atom. The molecule has 2 N–H and O–H groups in total. The van der Waals surface area contributed by atoms with Crippen LogP contribution in [0.3, 0.4) is 0 Å². The number of fused-ring (bicyclic) bond motifs is 1. The summed E-state index contributed by atoms with van der Waals surface area (Å²) >= 11 is 0. The molecule has 0 fully saturated rings. The molecule has 3 aromatic rings. The number of H-pyrrole nitrogens is 1. The SMILES string of the molecule is COc1ccc2cc(CNC(=O)c3ccccc3C)c(=O)[nH]c2c1. The molecule has 0 saturated carbocycles. The van der Waals surface area contributed by atoms with Gasteiger partial charge in [0.25, 0.3) is 11.5 Å². The van der Waals surface area contributed by atoms with Crippen molar-refractivity contribution in [2.45, 2.75) is 13.5 Å². The van der Waals surface area contributed by atoms with Crippen molar-refractivity contribution in [3.8, 4) is 5.75 Å². The number of pyridine rings is 1. The maximum Gasteiger partial charge on any atom is 0.253 e. The molecule has 1 aromatic heterocycles. The minimum atomic E-state index is -0.221. The second kappa shape index (κ2) is 6.58. The summed E-state index contributed by atoms with van der Waals surface area (Å²) in [5, 5.41) is 3.69. The lowest BCUT2D eigenvalue weighted by Crippen LogP contribution is -2.27. The molecule has 24 heavy (non-hydrogen) atoms. The first kappa shape index (κ1) is 15.8. The molecular weight excluding hydrogens is 304 g/mol. The lowest BCUT2D eigenvalue weighted by atomic mass is 10.1. The number of nitrogens with one attached hydrogen (secondary N) is 2. The number of hydrogen-bond acceptors (Lipinski definition) is 3.